The number of hydrogen-bond acceptors (Lipinski definition) is 4. The van der Waals surface area contributed by atoms with Gasteiger partial charge in [0.05, 0.1) is 18.4 Å². The molecule has 3 aromatic carbocycles. The zero-order valence-electron chi connectivity index (χ0n) is 17.0. The minimum atomic E-state index is -0.534. The molecule has 0 aliphatic carbocycles. The number of methoxy groups -OCH3 is 1. The number of rotatable bonds is 5. The average Bonchev–Trinajstić information content (AvgIpc) is 2.76. The normalized spacial score (nSPS) is 10.2. The molecule has 3 rings (SSSR count). The Morgan fingerprint density at radius 3 is 2.13 bits per heavy atom. The van der Waals surface area contributed by atoms with Gasteiger partial charge in [-0.15, -0.1) is 0 Å². The molecule has 0 bridgehead atoms. The van der Waals surface area contributed by atoms with Crippen molar-refractivity contribution in [3.63, 3.8) is 0 Å². The summed E-state index contributed by atoms with van der Waals surface area (Å²) in [5, 5.41) is 5.63. The molecule has 3 aromatic rings. The third-order valence-corrected chi connectivity index (χ3v) is 4.70. The van der Waals surface area contributed by atoms with E-state index in [1.54, 1.807) is 67.6 Å². The number of nitrogens with one attached hydrogen (secondary N) is 2. The number of esters is 1. The van der Waals surface area contributed by atoms with Gasteiger partial charge in [0.15, 0.2) is 0 Å². The molecule has 0 saturated carbocycles. The van der Waals surface area contributed by atoms with E-state index in [1.165, 1.54) is 7.11 Å². The Labute approximate surface area is 174 Å². The van der Waals surface area contributed by atoms with Crippen LogP contribution in [0.1, 0.15) is 42.2 Å². The highest BCUT2D eigenvalue weighted by atomic mass is 16.5. The molecular formula is C24H22N2O4. The topological polar surface area (TPSA) is 84.5 Å². The fourth-order valence-electron chi connectivity index (χ4n) is 2.98. The fraction of sp³-hybridized carbons (Fsp3) is 0.125. The fourth-order valence-corrected chi connectivity index (χ4v) is 2.98. The zero-order valence-corrected chi connectivity index (χ0v) is 17.0. The van der Waals surface area contributed by atoms with Crippen LogP contribution in [0, 0.1) is 13.8 Å². The molecule has 0 heterocycles. The van der Waals surface area contributed by atoms with Crippen molar-refractivity contribution in [2.24, 2.45) is 0 Å². The molecule has 30 heavy (non-hydrogen) atoms. The third-order valence-electron chi connectivity index (χ3n) is 4.70. The number of carbonyl (C=O) groups is 3. The van der Waals surface area contributed by atoms with E-state index in [4.69, 9.17) is 4.74 Å². The predicted octanol–water partition coefficient (Wildman–Crippen LogP) is 4.59. The van der Waals surface area contributed by atoms with E-state index in [2.05, 4.69) is 10.6 Å². The first kappa shape index (κ1) is 20.8. The lowest BCUT2D eigenvalue weighted by Crippen LogP contribution is -2.18. The Kier molecular flexibility index (Phi) is 6.27. The highest BCUT2D eigenvalue weighted by molar-refractivity contribution is 6.10. The van der Waals surface area contributed by atoms with Crippen molar-refractivity contribution >= 4 is 29.2 Å². The summed E-state index contributed by atoms with van der Waals surface area (Å²) < 4.78 is 4.80. The number of aryl methyl sites for hydroxylation is 2. The van der Waals surface area contributed by atoms with Gasteiger partial charge < -0.3 is 15.4 Å². The summed E-state index contributed by atoms with van der Waals surface area (Å²) in [6.07, 6.45) is 0. The van der Waals surface area contributed by atoms with Crippen molar-refractivity contribution in [3.8, 4) is 0 Å². The minimum absolute atomic E-state index is 0.261. The first-order valence-electron chi connectivity index (χ1n) is 9.37. The highest BCUT2D eigenvalue weighted by Gasteiger charge is 2.17. The number of hydrogen-bond donors (Lipinski definition) is 2. The SMILES string of the molecule is COC(=O)c1cccc(C)c1NC(=O)c1ccc(C)c(NC(=O)c2ccccc2)c1. The van der Waals surface area contributed by atoms with Gasteiger partial charge in [-0.2, -0.15) is 0 Å². The van der Waals surface area contributed by atoms with Crippen LogP contribution in [0.5, 0.6) is 0 Å². The molecule has 0 unspecified atom stereocenters. The second kappa shape index (κ2) is 9.05. The minimum Gasteiger partial charge on any atom is -0.465 e. The predicted molar refractivity (Wildman–Crippen MR) is 116 cm³/mol. The van der Waals surface area contributed by atoms with E-state index in [0.29, 0.717) is 22.5 Å². The first-order valence-corrected chi connectivity index (χ1v) is 9.37. The van der Waals surface area contributed by atoms with Crippen molar-refractivity contribution in [2.45, 2.75) is 13.8 Å². The molecule has 2 amide bonds. The van der Waals surface area contributed by atoms with Crippen LogP contribution in [0.25, 0.3) is 0 Å². The molecule has 0 saturated heterocycles. The Morgan fingerprint density at radius 1 is 0.733 bits per heavy atom. The van der Waals surface area contributed by atoms with Gasteiger partial charge in [-0.3, -0.25) is 9.59 Å². The lowest BCUT2D eigenvalue weighted by molar-refractivity contribution is 0.0601. The Bertz CT molecular complexity index is 1110. The molecular weight excluding hydrogens is 380 g/mol. The standard InChI is InChI=1S/C24H22N2O4/c1-15-12-13-18(14-20(15)25-22(27)17-9-5-4-6-10-17)23(28)26-21-16(2)8-7-11-19(21)24(29)30-3/h4-14H,1-3H3,(H,25,27)(H,26,28). The van der Waals surface area contributed by atoms with E-state index < -0.39 is 11.9 Å². The van der Waals surface area contributed by atoms with Gasteiger partial charge >= 0.3 is 5.97 Å². The van der Waals surface area contributed by atoms with E-state index in [-0.39, 0.29) is 11.5 Å². The van der Waals surface area contributed by atoms with E-state index in [9.17, 15) is 14.4 Å². The smallest absolute Gasteiger partial charge is 0.339 e. The molecule has 0 aliphatic rings. The van der Waals surface area contributed by atoms with Crippen molar-refractivity contribution in [3.05, 3.63) is 94.5 Å². The molecule has 0 spiro atoms. The van der Waals surface area contributed by atoms with Crippen LogP contribution in [0.15, 0.2) is 66.7 Å². The number of amides is 2. The lowest BCUT2D eigenvalue weighted by atomic mass is 10.1. The summed E-state index contributed by atoms with van der Waals surface area (Å²) in [5.74, 6) is -1.19. The maximum atomic E-state index is 12.9. The highest BCUT2D eigenvalue weighted by Crippen LogP contribution is 2.24. The van der Waals surface area contributed by atoms with Crippen LogP contribution in [0.2, 0.25) is 0 Å². The molecule has 0 atom stereocenters. The van der Waals surface area contributed by atoms with Crippen LogP contribution in [0.4, 0.5) is 11.4 Å². The van der Waals surface area contributed by atoms with Crippen molar-refractivity contribution in [2.75, 3.05) is 17.7 Å². The van der Waals surface area contributed by atoms with Crippen molar-refractivity contribution in [1.29, 1.82) is 0 Å². The monoisotopic (exact) mass is 402 g/mol. The second-order valence-electron chi connectivity index (χ2n) is 6.79. The average molecular weight is 402 g/mol. The summed E-state index contributed by atoms with van der Waals surface area (Å²) in [7, 11) is 1.29. The van der Waals surface area contributed by atoms with Gasteiger partial charge in [0.25, 0.3) is 11.8 Å². The van der Waals surface area contributed by atoms with Gasteiger partial charge in [0.1, 0.15) is 0 Å². The zero-order chi connectivity index (χ0) is 21.7. The lowest BCUT2D eigenvalue weighted by Gasteiger charge is -2.14. The number of para-hydroxylation sites is 1. The maximum absolute atomic E-state index is 12.9. The third kappa shape index (κ3) is 4.55. The summed E-state index contributed by atoms with van der Waals surface area (Å²) in [6, 6.07) is 19.0. The van der Waals surface area contributed by atoms with Gasteiger partial charge in [-0.1, -0.05) is 36.4 Å². The molecule has 2 N–H and O–H groups in total. The van der Waals surface area contributed by atoms with Crippen molar-refractivity contribution in [1.82, 2.24) is 0 Å². The Balaban J connectivity index is 1.86. The molecule has 0 aliphatic heterocycles. The van der Waals surface area contributed by atoms with Gasteiger partial charge in [-0.25, -0.2) is 4.79 Å². The molecule has 0 aromatic heterocycles. The van der Waals surface area contributed by atoms with Gasteiger partial charge in [0, 0.05) is 16.8 Å². The van der Waals surface area contributed by atoms with Crippen LogP contribution in [-0.2, 0) is 4.74 Å². The molecule has 6 nitrogen and oxygen atoms in total. The Hall–Kier alpha value is -3.93. The van der Waals surface area contributed by atoms with Crippen LogP contribution in [-0.4, -0.2) is 24.9 Å². The second-order valence-corrected chi connectivity index (χ2v) is 6.79. The van der Waals surface area contributed by atoms with E-state index in [0.717, 1.165) is 11.1 Å². The summed E-state index contributed by atoms with van der Waals surface area (Å²) in [6.45, 7) is 3.64. The molecule has 0 fully saturated rings. The molecule has 0 radical (unpaired) electrons. The quantitative estimate of drug-likeness (QED) is 0.611. The van der Waals surface area contributed by atoms with Crippen LogP contribution >= 0.6 is 0 Å². The number of ether oxygens (including phenoxy) is 1. The summed E-state index contributed by atoms with van der Waals surface area (Å²) in [5.41, 5.74) is 3.63. The Morgan fingerprint density at radius 2 is 1.43 bits per heavy atom. The maximum Gasteiger partial charge on any atom is 0.339 e. The van der Waals surface area contributed by atoms with Gasteiger partial charge in [0.2, 0.25) is 0 Å². The summed E-state index contributed by atoms with van der Waals surface area (Å²) in [4.78, 5) is 37.4. The van der Waals surface area contributed by atoms with Gasteiger partial charge in [-0.05, 0) is 55.3 Å². The summed E-state index contributed by atoms with van der Waals surface area (Å²) >= 11 is 0. The van der Waals surface area contributed by atoms with Crippen LogP contribution < -0.4 is 10.6 Å². The molecule has 152 valence electrons. The van der Waals surface area contributed by atoms with E-state index >= 15 is 0 Å². The molecule has 6 heteroatoms. The first-order chi connectivity index (χ1) is 14.4. The van der Waals surface area contributed by atoms with Crippen LogP contribution in [0.3, 0.4) is 0 Å². The van der Waals surface area contributed by atoms with E-state index in [1.807, 2.05) is 13.0 Å². The number of anilines is 2. The largest absolute Gasteiger partial charge is 0.465 e. The number of benzene rings is 3. The number of carbonyl (C=O) groups excluding carboxylic acids is 3. The van der Waals surface area contributed by atoms with Crippen molar-refractivity contribution < 1.29 is 19.1 Å².